The smallest absolute Gasteiger partial charge is 0.358 e. The van der Waals surface area contributed by atoms with Gasteiger partial charge in [0, 0.05) is 13.1 Å². The van der Waals surface area contributed by atoms with Crippen molar-refractivity contribution in [3.05, 3.63) is 41.2 Å². The highest BCUT2D eigenvalue weighted by atomic mass is 16.5. The molecule has 2 aliphatic rings. The number of aromatic carboxylic acids is 1. The molecule has 1 N–H and O–H groups in total. The Bertz CT molecular complexity index is 894. The largest absolute Gasteiger partial charge is 0.497 e. The number of amides is 1. The summed E-state index contributed by atoms with van der Waals surface area (Å²) in [6.45, 7) is 1.24. The highest BCUT2D eigenvalue weighted by Crippen LogP contribution is 2.36. The van der Waals surface area contributed by atoms with Gasteiger partial charge in [0.2, 0.25) is 5.91 Å². The standard InChI is InChI=1S/C20H24N4O4/c1-28-15-8-7-13-4-2-6-16(17(13)10-15)19(25)23-9-3-5-14(11-23)24-12-18(20(26)27)21-22-24/h7-8,10,12,14,16H,2-6,9,11H2,1H3,(H,26,27). The van der Waals surface area contributed by atoms with E-state index in [1.807, 2.05) is 17.0 Å². The molecule has 0 radical (unpaired) electrons. The van der Waals surface area contributed by atoms with Crippen LogP contribution >= 0.6 is 0 Å². The third kappa shape index (κ3) is 3.46. The van der Waals surface area contributed by atoms with Crippen molar-refractivity contribution >= 4 is 11.9 Å². The number of piperidine rings is 1. The quantitative estimate of drug-likeness (QED) is 0.868. The summed E-state index contributed by atoms with van der Waals surface area (Å²) < 4.78 is 6.94. The van der Waals surface area contributed by atoms with Gasteiger partial charge in [-0.05, 0) is 55.4 Å². The number of hydrogen-bond donors (Lipinski definition) is 1. The van der Waals surface area contributed by atoms with Crippen LogP contribution in [0, 0.1) is 0 Å². The summed E-state index contributed by atoms with van der Waals surface area (Å²) in [6.07, 6.45) is 5.98. The SMILES string of the molecule is COc1ccc2c(c1)C(C(=O)N1CCCC(n3cc(C(=O)O)nn3)C1)CCC2. The number of aromatic nitrogens is 3. The normalized spacial score (nSPS) is 21.8. The van der Waals surface area contributed by atoms with Crippen LogP contribution < -0.4 is 4.74 Å². The van der Waals surface area contributed by atoms with E-state index in [-0.39, 0.29) is 23.6 Å². The summed E-state index contributed by atoms with van der Waals surface area (Å²) in [5.41, 5.74) is 2.23. The fraction of sp³-hybridized carbons (Fsp3) is 0.500. The van der Waals surface area contributed by atoms with E-state index in [1.165, 1.54) is 11.8 Å². The molecule has 1 aliphatic carbocycles. The Morgan fingerprint density at radius 1 is 1.25 bits per heavy atom. The van der Waals surface area contributed by atoms with E-state index < -0.39 is 5.97 Å². The number of methoxy groups -OCH3 is 1. The molecule has 0 bridgehead atoms. The molecule has 1 aromatic heterocycles. The van der Waals surface area contributed by atoms with Crippen molar-refractivity contribution < 1.29 is 19.4 Å². The van der Waals surface area contributed by atoms with Gasteiger partial charge in [0.15, 0.2) is 5.69 Å². The van der Waals surface area contributed by atoms with E-state index in [0.29, 0.717) is 13.1 Å². The zero-order valence-electron chi connectivity index (χ0n) is 15.9. The lowest BCUT2D eigenvalue weighted by atomic mass is 9.81. The first-order valence-electron chi connectivity index (χ1n) is 9.67. The number of carbonyl (C=O) groups is 2. The Morgan fingerprint density at radius 2 is 2.11 bits per heavy atom. The summed E-state index contributed by atoms with van der Waals surface area (Å²) >= 11 is 0. The van der Waals surface area contributed by atoms with Crippen LogP contribution in [0.2, 0.25) is 0 Å². The van der Waals surface area contributed by atoms with Crippen molar-refractivity contribution in [3.8, 4) is 5.75 Å². The fourth-order valence-electron chi connectivity index (χ4n) is 4.31. The summed E-state index contributed by atoms with van der Waals surface area (Å²) in [4.78, 5) is 26.3. The molecule has 148 valence electrons. The maximum atomic E-state index is 13.4. The van der Waals surface area contributed by atoms with Gasteiger partial charge in [0.25, 0.3) is 0 Å². The minimum Gasteiger partial charge on any atom is -0.497 e. The number of benzene rings is 1. The number of nitrogens with zero attached hydrogens (tertiary/aromatic N) is 4. The van der Waals surface area contributed by atoms with Crippen molar-refractivity contribution in [2.24, 2.45) is 0 Å². The number of rotatable bonds is 4. The van der Waals surface area contributed by atoms with Crippen LogP contribution in [0.1, 0.15) is 59.3 Å². The Labute approximate surface area is 163 Å². The van der Waals surface area contributed by atoms with E-state index in [2.05, 4.69) is 16.4 Å². The topological polar surface area (TPSA) is 97.5 Å². The van der Waals surface area contributed by atoms with E-state index >= 15 is 0 Å². The van der Waals surface area contributed by atoms with E-state index in [0.717, 1.165) is 43.4 Å². The molecule has 0 spiro atoms. The summed E-state index contributed by atoms with van der Waals surface area (Å²) in [6, 6.07) is 5.96. The third-order valence-corrected chi connectivity index (χ3v) is 5.78. The molecular weight excluding hydrogens is 360 g/mol. The van der Waals surface area contributed by atoms with Gasteiger partial charge in [-0.1, -0.05) is 11.3 Å². The van der Waals surface area contributed by atoms with E-state index in [1.54, 1.807) is 11.8 Å². The van der Waals surface area contributed by atoms with Crippen molar-refractivity contribution in [2.75, 3.05) is 20.2 Å². The maximum absolute atomic E-state index is 13.4. The molecule has 1 saturated heterocycles. The van der Waals surface area contributed by atoms with Gasteiger partial charge < -0.3 is 14.7 Å². The van der Waals surface area contributed by atoms with Crippen LogP contribution in [0.3, 0.4) is 0 Å². The average molecular weight is 384 g/mol. The van der Waals surface area contributed by atoms with Crippen LogP contribution in [-0.4, -0.2) is 57.1 Å². The number of fused-ring (bicyclic) bond motifs is 1. The van der Waals surface area contributed by atoms with Crippen LogP contribution in [0.4, 0.5) is 0 Å². The zero-order valence-corrected chi connectivity index (χ0v) is 15.9. The van der Waals surface area contributed by atoms with Gasteiger partial charge in [0.05, 0.1) is 25.3 Å². The van der Waals surface area contributed by atoms with Gasteiger partial charge in [-0.3, -0.25) is 4.79 Å². The first-order chi connectivity index (χ1) is 13.6. The second-order valence-electron chi connectivity index (χ2n) is 7.48. The predicted octanol–water partition coefficient (Wildman–Crippen LogP) is 2.27. The summed E-state index contributed by atoms with van der Waals surface area (Å²) in [5, 5.41) is 16.7. The van der Waals surface area contributed by atoms with Crippen molar-refractivity contribution in [3.63, 3.8) is 0 Å². The highest BCUT2D eigenvalue weighted by Gasteiger charge is 2.33. The van der Waals surface area contributed by atoms with Crippen molar-refractivity contribution in [1.82, 2.24) is 19.9 Å². The lowest BCUT2D eigenvalue weighted by Crippen LogP contribution is -2.43. The maximum Gasteiger partial charge on any atom is 0.358 e. The zero-order chi connectivity index (χ0) is 19.7. The molecule has 1 aromatic carbocycles. The van der Waals surface area contributed by atoms with Gasteiger partial charge in [-0.2, -0.15) is 0 Å². The molecular formula is C20H24N4O4. The lowest BCUT2D eigenvalue weighted by Gasteiger charge is -2.36. The minimum absolute atomic E-state index is 0.0494. The second-order valence-corrected chi connectivity index (χ2v) is 7.48. The second kappa shape index (κ2) is 7.61. The number of carboxylic acid groups (broad SMARTS) is 1. The Morgan fingerprint density at radius 3 is 2.86 bits per heavy atom. The molecule has 2 aromatic rings. The number of carboxylic acids is 1. The molecule has 0 saturated carbocycles. The first-order valence-corrected chi connectivity index (χ1v) is 9.67. The van der Waals surface area contributed by atoms with Crippen LogP contribution in [0.5, 0.6) is 5.75 Å². The summed E-state index contributed by atoms with van der Waals surface area (Å²) in [5.74, 6) is -0.332. The minimum atomic E-state index is -1.09. The summed E-state index contributed by atoms with van der Waals surface area (Å²) in [7, 11) is 1.64. The molecule has 8 nitrogen and oxygen atoms in total. The van der Waals surface area contributed by atoms with Gasteiger partial charge in [-0.15, -0.1) is 5.10 Å². The van der Waals surface area contributed by atoms with Crippen LogP contribution in [0.25, 0.3) is 0 Å². The molecule has 2 atom stereocenters. The molecule has 2 heterocycles. The number of likely N-dealkylation sites (tertiary alicyclic amines) is 1. The molecule has 1 aliphatic heterocycles. The predicted molar refractivity (Wildman–Crippen MR) is 101 cm³/mol. The Hall–Kier alpha value is -2.90. The molecule has 4 rings (SSSR count). The molecule has 8 heteroatoms. The van der Waals surface area contributed by atoms with Crippen molar-refractivity contribution in [1.29, 1.82) is 0 Å². The van der Waals surface area contributed by atoms with Crippen molar-refractivity contribution in [2.45, 2.75) is 44.1 Å². The van der Waals surface area contributed by atoms with Gasteiger partial charge >= 0.3 is 5.97 Å². The Kier molecular flexibility index (Phi) is 5.02. The lowest BCUT2D eigenvalue weighted by molar-refractivity contribution is -0.134. The fourth-order valence-corrected chi connectivity index (χ4v) is 4.31. The number of ether oxygens (including phenoxy) is 1. The van der Waals surface area contributed by atoms with E-state index in [4.69, 9.17) is 9.84 Å². The van der Waals surface area contributed by atoms with Gasteiger partial charge in [0.1, 0.15) is 5.75 Å². The number of hydrogen-bond acceptors (Lipinski definition) is 5. The Balaban J connectivity index is 1.53. The monoisotopic (exact) mass is 384 g/mol. The molecule has 1 amide bonds. The van der Waals surface area contributed by atoms with E-state index in [9.17, 15) is 9.59 Å². The number of carbonyl (C=O) groups excluding carboxylic acids is 1. The third-order valence-electron chi connectivity index (χ3n) is 5.78. The average Bonchev–Trinajstić information content (AvgIpc) is 3.23. The molecule has 28 heavy (non-hydrogen) atoms. The number of aryl methyl sites for hydroxylation is 1. The molecule has 1 fully saturated rings. The van der Waals surface area contributed by atoms with Crippen LogP contribution in [0.15, 0.2) is 24.4 Å². The molecule has 2 unspecified atom stereocenters. The first kappa shape index (κ1) is 18.5. The van der Waals surface area contributed by atoms with Gasteiger partial charge in [-0.25, -0.2) is 9.48 Å². The van der Waals surface area contributed by atoms with Crippen LogP contribution in [-0.2, 0) is 11.2 Å². The highest BCUT2D eigenvalue weighted by molar-refractivity contribution is 5.85.